The van der Waals surface area contributed by atoms with Crippen LogP contribution in [0.3, 0.4) is 0 Å². The number of aromatic amines is 1. The number of rotatable bonds is 4. The maximum atomic E-state index is 11.3. The SMILES string of the molecule is COC(=O)Nc1ccc(-c2cc3cnc(Nc4cccc(Cl)c4)nc3[nH]2)cc1. The lowest BCUT2D eigenvalue weighted by molar-refractivity contribution is 0.187. The standard InChI is InChI=1S/C20H16ClN5O2/c1-28-20(27)24-15-7-5-12(6-8-15)17-9-13-11-22-19(26-18(13)25-17)23-16-4-2-3-14(21)10-16/h2-11H,1H3,(H,24,27)(H2,22,23,25,26). The minimum atomic E-state index is -0.506. The molecule has 1 amide bonds. The highest BCUT2D eigenvalue weighted by molar-refractivity contribution is 6.30. The first kappa shape index (κ1) is 17.8. The van der Waals surface area contributed by atoms with Crippen LogP contribution in [0.15, 0.2) is 60.8 Å². The van der Waals surface area contributed by atoms with E-state index in [1.807, 2.05) is 30.3 Å². The highest BCUT2D eigenvalue weighted by Crippen LogP contribution is 2.25. The van der Waals surface area contributed by atoms with Gasteiger partial charge >= 0.3 is 6.09 Å². The third kappa shape index (κ3) is 3.89. The van der Waals surface area contributed by atoms with Gasteiger partial charge in [0.1, 0.15) is 5.65 Å². The van der Waals surface area contributed by atoms with E-state index in [0.717, 1.165) is 22.3 Å². The second-order valence-electron chi connectivity index (χ2n) is 6.01. The van der Waals surface area contributed by atoms with Crippen LogP contribution in [0.4, 0.5) is 22.1 Å². The van der Waals surface area contributed by atoms with Crippen molar-refractivity contribution in [2.75, 3.05) is 17.7 Å². The van der Waals surface area contributed by atoms with Crippen molar-refractivity contribution in [3.05, 3.63) is 65.8 Å². The molecule has 0 bridgehead atoms. The van der Waals surface area contributed by atoms with E-state index in [0.29, 0.717) is 22.3 Å². The summed E-state index contributed by atoms with van der Waals surface area (Å²) in [4.78, 5) is 23.4. The number of ether oxygens (including phenoxy) is 1. The maximum absolute atomic E-state index is 11.3. The Labute approximate surface area is 165 Å². The van der Waals surface area contributed by atoms with Crippen molar-refractivity contribution < 1.29 is 9.53 Å². The first-order valence-corrected chi connectivity index (χ1v) is 8.82. The minimum absolute atomic E-state index is 0.473. The van der Waals surface area contributed by atoms with Crippen LogP contribution < -0.4 is 10.6 Å². The van der Waals surface area contributed by atoms with Gasteiger partial charge in [-0.25, -0.2) is 9.78 Å². The molecule has 28 heavy (non-hydrogen) atoms. The number of anilines is 3. The summed E-state index contributed by atoms with van der Waals surface area (Å²) in [7, 11) is 1.32. The van der Waals surface area contributed by atoms with Crippen LogP contribution in [0.1, 0.15) is 0 Å². The van der Waals surface area contributed by atoms with Crippen molar-refractivity contribution in [2.45, 2.75) is 0 Å². The third-order valence-electron chi connectivity index (χ3n) is 4.08. The van der Waals surface area contributed by atoms with E-state index in [4.69, 9.17) is 11.6 Å². The summed E-state index contributed by atoms with van der Waals surface area (Å²) in [6.45, 7) is 0. The summed E-state index contributed by atoms with van der Waals surface area (Å²) < 4.78 is 4.58. The van der Waals surface area contributed by atoms with Gasteiger partial charge in [-0.15, -0.1) is 0 Å². The first-order valence-electron chi connectivity index (χ1n) is 8.44. The lowest BCUT2D eigenvalue weighted by atomic mass is 10.1. The van der Waals surface area contributed by atoms with Crippen molar-refractivity contribution in [1.82, 2.24) is 15.0 Å². The number of aromatic nitrogens is 3. The largest absolute Gasteiger partial charge is 0.453 e. The Hall–Kier alpha value is -3.58. The van der Waals surface area contributed by atoms with Gasteiger partial charge in [0.2, 0.25) is 5.95 Å². The van der Waals surface area contributed by atoms with E-state index in [-0.39, 0.29) is 0 Å². The second kappa shape index (κ2) is 7.58. The van der Waals surface area contributed by atoms with E-state index >= 15 is 0 Å². The average Bonchev–Trinajstić information content (AvgIpc) is 3.12. The van der Waals surface area contributed by atoms with Crippen molar-refractivity contribution in [1.29, 1.82) is 0 Å². The Morgan fingerprint density at radius 3 is 2.68 bits per heavy atom. The molecule has 0 saturated heterocycles. The molecule has 3 N–H and O–H groups in total. The highest BCUT2D eigenvalue weighted by Gasteiger charge is 2.08. The average molecular weight is 394 g/mol. The van der Waals surface area contributed by atoms with Gasteiger partial charge in [-0.1, -0.05) is 29.8 Å². The van der Waals surface area contributed by atoms with Crippen LogP contribution in [0, 0.1) is 0 Å². The number of H-pyrrole nitrogens is 1. The monoisotopic (exact) mass is 393 g/mol. The predicted octanol–water partition coefficient (Wildman–Crippen LogP) is 5.20. The van der Waals surface area contributed by atoms with Gasteiger partial charge in [0, 0.05) is 33.7 Å². The quantitative estimate of drug-likeness (QED) is 0.443. The molecule has 0 aliphatic heterocycles. The number of halogens is 1. The molecular formula is C20H16ClN5O2. The summed E-state index contributed by atoms with van der Waals surface area (Å²) >= 11 is 6.01. The fourth-order valence-corrected chi connectivity index (χ4v) is 2.92. The Balaban J connectivity index is 1.57. The number of benzene rings is 2. The molecule has 8 heteroatoms. The van der Waals surface area contributed by atoms with Crippen LogP contribution in [-0.4, -0.2) is 28.2 Å². The van der Waals surface area contributed by atoms with E-state index < -0.39 is 6.09 Å². The first-order chi connectivity index (χ1) is 13.6. The summed E-state index contributed by atoms with van der Waals surface area (Å²) in [5.41, 5.74) is 4.03. The Morgan fingerprint density at radius 2 is 1.93 bits per heavy atom. The molecule has 2 aromatic heterocycles. The van der Waals surface area contributed by atoms with Gasteiger partial charge in [-0.2, -0.15) is 4.98 Å². The molecule has 0 spiro atoms. The summed E-state index contributed by atoms with van der Waals surface area (Å²) in [5.74, 6) is 0.473. The Morgan fingerprint density at radius 1 is 1.11 bits per heavy atom. The smallest absolute Gasteiger partial charge is 0.411 e. The third-order valence-corrected chi connectivity index (χ3v) is 4.31. The van der Waals surface area contributed by atoms with Gasteiger partial charge in [0.05, 0.1) is 7.11 Å². The van der Waals surface area contributed by atoms with Gasteiger partial charge in [-0.3, -0.25) is 5.32 Å². The number of nitrogens with one attached hydrogen (secondary N) is 3. The van der Waals surface area contributed by atoms with E-state index in [1.54, 1.807) is 30.5 Å². The molecule has 0 aliphatic rings. The lowest BCUT2D eigenvalue weighted by Crippen LogP contribution is -2.10. The molecule has 0 saturated carbocycles. The molecule has 140 valence electrons. The molecule has 7 nitrogen and oxygen atoms in total. The summed E-state index contributed by atoms with van der Waals surface area (Å²) in [5, 5.41) is 7.29. The van der Waals surface area contributed by atoms with Crippen molar-refractivity contribution in [3.8, 4) is 11.3 Å². The van der Waals surface area contributed by atoms with Gasteiger partial charge in [0.25, 0.3) is 0 Å². The van der Waals surface area contributed by atoms with Crippen molar-refractivity contribution in [3.63, 3.8) is 0 Å². The topological polar surface area (TPSA) is 91.9 Å². The fraction of sp³-hybridized carbons (Fsp3) is 0.0500. The van der Waals surface area contributed by atoms with E-state index in [1.165, 1.54) is 7.11 Å². The number of hydrogen-bond acceptors (Lipinski definition) is 5. The van der Waals surface area contributed by atoms with Crippen LogP contribution in [0.25, 0.3) is 22.3 Å². The highest BCUT2D eigenvalue weighted by atomic mass is 35.5. The fourth-order valence-electron chi connectivity index (χ4n) is 2.73. The lowest BCUT2D eigenvalue weighted by Gasteiger charge is -2.04. The molecule has 2 aromatic carbocycles. The van der Waals surface area contributed by atoms with Crippen LogP contribution in [-0.2, 0) is 4.74 Å². The number of carbonyl (C=O) groups is 1. The zero-order chi connectivity index (χ0) is 19.5. The van der Waals surface area contributed by atoms with Crippen LogP contribution >= 0.6 is 11.6 Å². The minimum Gasteiger partial charge on any atom is -0.453 e. The van der Waals surface area contributed by atoms with Crippen LogP contribution in [0.2, 0.25) is 5.02 Å². The van der Waals surface area contributed by atoms with Crippen molar-refractivity contribution >= 4 is 46.1 Å². The Bertz CT molecular complexity index is 1140. The van der Waals surface area contributed by atoms with E-state index in [2.05, 4.69) is 30.3 Å². The number of carbonyl (C=O) groups excluding carboxylic acids is 1. The second-order valence-corrected chi connectivity index (χ2v) is 6.45. The van der Waals surface area contributed by atoms with Gasteiger partial charge in [-0.05, 0) is 42.0 Å². The molecule has 0 aliphatic carbocycles. The normalized spacial score (nSPS) is 10.6. The van der Waals surface area contributed by atoms with Gasteiger partial charge in [0.15, 0.2) is 0 Å². The molecule has 0 radical (unpaired) electrons. The Kier molecular flexibility index (Phi) is 4.82. The van der Waals surface area contributed by atoms with E-state index in [9.17, 15) is 4.79 Å². The number of amides is 1. The summed E-state index contributed by atoms with van der Waals surface area (Å²) in [6, 6.07) is 16.7. The molecule has 0 fully saturated rings. The van der Waals surface area contributed by atoms with Crippen LogP contribution in [0.5, 0.6) is 0 Å². The molecular weight excluding hydrogens is 378 g/mol. The predicted molar refractivity (Wildman–Crippen MR) is 110 cm³/mol. The summed E-state index contributed by atoms with van der Waals surface area (Å²) in [6.07, 6.45) is 1.25. The maximum Gasteiger partial charge on any atom is 0.411 e. The van der Waals surface area contributed by atoms with Crippen molar-refractivity contribution in [2.24, 2.45) is 0 Å². The number of methoxy groups -OCH3 is 1. The number of nitrogens with zero attached hydrogens (tertiary/aromatic N) is 2. The zero-order valence-corrected chi connectivity index (χ0v) is 15.6. The number of hydrogen-bond donors (Lipinski definition) is 3. The number of fused-ring (bicyclic) bond motifs is 1. The zero-order valence-electron chi connectivity index (χ0n) is 14.9. The molecule has 2 heterocycles. The molecule has 0 unspecified atom stereocenters. The molecule has 4 rings (SSSR count). The molecule has 4 aromatic rings. The van der Waals surface area contributed by atoms with Gasteiger partial charge < -0.3 is 15.0 Å². The molecule has 0 atom stereocenters.